The van der Waals surface area contributed by atoms with Crippen molar-refractivity contribution in [1.82, 2.24) is 14.1 Å². The number of piperazine rings is 1. The Bertz CT molecular complexity index is 958. The van der Waals surface area contributed by atoms with Gasteiger partial charge < -0.3 is 4.90 Å². The molecule has 7 heteroatoms. The van der Waals surface area contributed by atoms with Crippen LogP contribution in [0.2, 0.25) is 0 Å². The van der Waals surface area contributed by atoms with E-state index in [1.165, 1.54) is 9.87 Å². The van der Waals surface area contributed by atoms with Gasteiger partial charge in [0.2, 0.25) is 15.9 Å². The van der Waals surface area contributed by atoms with Crippen LogP contribution in [0.15, 0.2) is 60.7 Å². The van der Waals surface area contributed by atoms with Gasteiger partial charge in [-0.05, 0) is 30.5 Å². The van der Waals surface area contributed by atoms with Crippen LogP contribution < -0.4 is 0 Å². The summed E-state index contributed by atoms with van der Waals surface area (Å²) in [6, 6.07) is 19.6. The lowest BCUT2D eigenvalue weighted by molar-refractivity contribution is -0.138. The molecule has 0 aliphatic carbocycles. The molecule has 1 atom stereocenters. The zero-order valence-electron chi connectivity index (χ0n) is 17.9. The van der Waals surface area contributed by atoms with Crippen molar-refractivity contribution in [3.63, 3.8) is 0 Å². The van der Waals surface area contributed by atoms with Crippen molar-refractivity contribution in [2.45, 2.75) is 25.1 Å². The van der Waals surface area contributed by atoms with Gasteiger partial charge in [-0.3, -0.25) is 9.69 Å². The first kappa shape index (κ1) is 22.0. The first-order valence-electron chi connectivity index (χ1n) is 11.1. The van der Waals surface area contributed by atoms with E-state index >= 15 is 0 Å². The third-order valence-electron chi connectivity index (χ3n) is 6.24. The number of carbonyl (C=O) groups is 1. The third kappa shape index (κ3) is 5.73. The van der Waals surface area contributed by atoms with Gasteiger partial charge in [0, 0.05) is 39.3 Å². The van der Waals surface area contributed by atoms with Crippen LogP contribution in [0.1, 0.15) is 24.0 Å². The Balaban J connectivity index is 1.29. The monoisotopic (exact) mass is 441 g/mol. The molecule has 2 fully saturated rings. The normalized spacial score (nSPS) is 21.2. The molecule has 0 radical (unpaired) electrons. The van der Waals surface area contributed by atoms with Crippen LogP contribution in [0.3, 0.4) is 0 Å². The number of carbonyl (C=O) groups excluding carboxylic acids is 1. The zero-order chi connectivity index (χ0) is 21.7. The summed E-state index contributed by atoms with van der Waals surface area (Å²) < 4.78 is 27.1. The molecular formula is C24H31N3O3S. The molecule has 0 saturated carbocycles. The number of benzene rings is 2. The summed E-state index contributed by atoms with van der Waals surface area (Å²) in [5, 5.41) is 0. The summed E-state index contributed by atoms with van der Waals surface area (Å²) in [4.78, 5) is 17.4. The number of nitrogens with zero attached hydrogens (tertiary/aromatic N) is 3. The van der Waals surface area contributed by atoms with Crippen molar-refractivity contribution >= 4 is 15.9 Å². The maximum atomic E-state index is 13.1. The molecule has 0 bridgehead atoms. The lowest BCUT2D eigenvalue weighted by atomic mass is 9.95. The van der Waals surface area contributed by atoms with Crippen LogP contribution in [-0.2, 0) is 27.1 Å². The highest BCUT2D eigenvalue weighted by Crippen LogP contribution is 2.22. The SMILES string of the molecule is O=C(C1CCCN(Cc2ccccc2)C1)N1CCN(S(=O)(=O)Cc2ccccc2)CC1. The lowest BCUT2D eigenvalue weighted by Gasteiger charge is -2.38. The van der Waals surface area contributed by atoms with E-state index < -0.39 is 10.0 Å². The van der Waals surface area contributed by atoms with Crippen molar-refractivity contribution in [2.24, 2.45) is 5.92 Å². The van der Waals surface area contributed by atoms with Gasteiger partial charge in [-0.25, -0.2) is 8.42 Å². The maximum absolute atomic E-state index is 13.1. The molecule has 2 aromatic rings. The minimum Gasteiger partial charge on any atom is -0.340 e. The van der Waals surface area contributed by atoms with Gasteiger partial charge in [0.15, 0.2) is 0 Å². The molecule has 2 aliphatic heterocycles. The predicted molar refractivity (Wildman–Crippen MR) is 122 cm³/mol. The van der Waals surface area contributed by atoms with Gasteiger partial charge in [-0.1, -0.05) is 60.7 Å². The van der Waals surface area contributed by atoms with E-state index in [0.29, 0.717) is 26.2 Å². The average molecular weight is 442 g/mol. The summed E-state index contributed by atoms with van der Waals surface area (Å²) in [6.45, 7) is 4.37. The molecular weight excluding hydrogens is 410 g/mol. The molecule has 2 aliphatic rings. The van der Waals surface area contributed by atoms with Crippen molar-refractivity contribution in [3.8, 4) is 0 Å². The molecule has 6 nitrogen and oxygen atoms in total. The minimum atomic E-state index is -3.37. The fourth-order valence-electron chi connectivity index (χ4n) is 4.56. The van der Waals surface area contributed by atoms with Crippen molar-refractivity contribution < 1.29 is 13.2 Å². The molecule has 4 rings (SSSR count). The Morgan fingerprint density at radius 3 is 2.10 bits per heavy atom. The summed E-state index contributed by atoms with van der Waals surface area (Å²) in [5.74, 6) is 0.196. The highest BCUT2D eigenvalue weighted by Gasteiger charge is 2.33. The number of sulfonamides is 1. The number of likely N-dealkylation sites (tertiary alicyclic amines) is 1. The van der Waals surface area contributed by atoms with Crippen LogP contribution in [0.4, 0.5) is 0 Å². The standard InChI is InChI=1S/C24H31N3O3S/c28-24(23-12-7-13-25(19-23)18-21-8-3-1-4-9-21)26-14-16-27(17-15-26)31(29,30)20-22-10-5-2-6-11-22/h1-6,8-11,23H,7,12-20H2. The van der Waals surface area contributed by atoms with Gasteiger partial charge in [-0.15, -0.1) is 0 Å². The van der Waals surface area contributed by atoms with E-state index in [0.717, 1.165) is 38.0 Å². The molecule has 0 aromatic heterocycles. The number of hydrogen-bond donors (Lipinski definition) is 0. The second-order valence-corrected chi connectivity index (χ2v) is 10.5. The number of hydrogen-bond acceptors (Lipinski definition) is 4. The first-order chi connectivity index (χ1) is 15.0. The van der Waals surface area contributed by atoms with Crippen LogP contribution >= 0.6 is 0 Å². The van der Waals surface area contributed by atoms with Crippen LogP contribution in [0.5, 0.6) is 0 Å². The Kier molecular flexibility index (Phi) is 7.05. The third-order valence-corrected chi connectivity index (χ3v) is 8.09. The van der Waals surface area contributed by atoms with Crippen LogP contribution in [0, 0.1) is 5.92 Å². The molecule has 166 valence electrons. The van der Waals surface area contributed by atoms with Gasteiger partial charge in [0.1, 0.15) is 0 Å². The number of amides is 1. The highest BCUT2D eigenvalue weighted by atomic mass is 32.2. The Hall–Kier alpha value is -2.22. The molecule has 2 heterocycles. The molecule has 1 amide bonds. The highest BCUT2D eigenvalue weighted by molar-refractivity contribution is 7.88. The fourth-order valence-corrected chi connectivity index (χ4v) is 6.08. The summed E-state index contributed by atoms with van der Waals surface area (Å²) >= 11 is 0. The summed E-state index contributed by atoms with van der Waals surface area (Å²) in [7, 11) is -3.37. The second kappa shape index (κ2) is 9.94. The van der Waals surface area contributed by atoms with E-state index in [4.69, 9.17) is 0 Å². The lowest BCUT2D eigenvalue weighted by Crippen LogP contribution is -2.53. The van der Waals surface area contributed by atoms with Crippen LogP contribution in [-0.4, -0.2) is 67.7 Å². The van der Waals surface area contributed by atoms with Crippen molar-refractivity contribution in [1.29, 1.82) is 0 Å². The zero-order valence-corrected chi connectivity index (χ0v) is 18.7. The van der Waals surface area contributed by atoms with Gasteiger partial charge in [-0.2, -0.15) is 4.31 Å². The Morgan fingerprint density at radius 2 is 1.45 bits per heavy atom. The van der Waals surface area contributed by atoms with Gasteiger partial charge in [0.25, 0.3) is 0 Å². The summed E-state index contributed by atoms with van der Waals surface area (Å²) in [6.07, 6.45) is 1.94. The maximum Gasteiger partial charge on any atom is 0.227 e. The summed E-state index contributed by atoms with van der Waals surface area (Å²) in [5.41, 5.74) is 2.06. The molecule has 2 aromatic carbocycles. The van der Waals surface area contributed by atoms with Gasteiger partial charge in [0.05, 0.1) is 11.7 Å². The van der Waals surface area contributed by atoms with E-state index in [9.17, 15) is 13.2 Å². The average Bonchev–Trinajstić information content (AvgIpc) is 2.80. The molecule has 0 spiro atoms. The smallest absolute Gasteiger partial charge is 0.227 e. The predicted octanol–water partition coefficient (Wildman–Crippen LogP) is 2.57. The molecule has 0 N–H and O–H groups in total. The van der Waals surface area contributed by atoms with E-state index in [1.807, 2.05) is 53.4 Å². The Labute approximate surface area is 185 Å². The van der Waals surface area contributed by atoms with Crippen molar-refractivity contribution in [3.05, 3.63) is 71.8 Å². The number of piperidine rings is 1. The number of rotatable bonds is 6. The molecule has 31 heavy (non-hydrogen) atoms. The van der Waals surface area contributed by atoms with Gasteiger partial charge >= 0.3 is 0 Å². The molecule has 1 unspecified atom stereocenters. The fraction of sp³-hybridized carbons (Fsp3) is 0.458. The second-order valence-electron chi connectivity index (χ2n) is 8.53. The minimum absolute atomic E-state index is 0.00457. The quantitative estimate of drug-likeness (QED) is 0.691. The molecule has 2 saturated heterocycles. The van der Waals surface area contributed by atoms with E-state index in [2.05, 4.69) is 17.0 Å². The van der Waals surface area contributed by atoms with Crippen molar-refractivity contribution in [2.75, 3.05) is 39.3 Å². The van der Waals surface area contributed by atoms with Crippen LogP contribution in [0.25, 0.3) is 0 Å². The largest absolute Gasteiger partial charge is 0.340 e. The Morgan fingerprint density at radius 1 is 0.839 bits per heavy atom. The van der Waals surface area contributed by atoms with E-state index in [1.54, 1.807) is 0 Å². The topological polar surface area (TPSA) is 60.9 Å². The first-order valence-corrected chi connectivity index (χ1v) is 12.7. The van der Waals surface area contributed by atoms with E-state index in [-0.39, 0.29) is 17.6 Å².